The van der Waals surface area contributed by atoms with E-state index in [-0.39, 0.29) is 11.9 Å². The highest BCUT2D eigenvalue weighted by Gasteiger charge is 2.12. The van der Waals surface area contributed by atoms with Crippen LogP contribution in [0.25, 0.3) is 22.3 Å². The predicted molar refractivity (Wildman–Crippen MR) is 116 cm³/mol. The van der Waals surface area contributed by atoms with Gasteiger partial charge >= 0.3 is 0 Å². The van der Waals surface area contributed by atoms with Gasteiger partial charge in [0.25, 0.3) is 0 Å². The van der Waals surface area contributed by atoms with Gasteiger partial charge in [-0.1, -0.05) is 0 Å². The lowest BCUT2D eigenvalue weighted by Gasteiger charge is -2.13. The van der Waals surface area contributed by atoms with Gasteiger partial charge in [-0.2, -0.15) is 4.98 Å². The SMILES string of the molecule is Cc1cc(F)cc2c(CCNc3cc(OC(C)C)nc(-c4cncc(F)c4)n3)c[nH]c12. The molecule has 6 nitrogen and oxygen atoms in total. The van der Waals surface area contributed by atoms with E-state index in [1.54, 1.807) is 12.1 Å². The third kappa shape index (κ3) is 4.79. The number of nitrogens with zero attached hydrogens (tertiary/aromatic N) is 3. The predicted octanol–water partition coefficient (Wildman–Crippen LogP) is 5.05. The highest BCUT2D eigenvalue weighted by molar-refractivity contribution is 5.86. The number of aromatic nitrogens is 4. The summed E-state index contributed by atoms with van der Waals surface area (Å²) < 4.78 is 33.2. The Bertz CT molecular complexity index is 1220. The van der Waals surface area contributed by atoms with Gasteiger partial charge in [0.1, 0.15) is 17.5 Å². The van der Waals surface area contributed by atoms with Crippen LogP contribution in [0, 0.1) is 18.6 Å². The van der Waals surface area contributed by atoms with E-state index in [2.05, 4.69) is 25.3 Å². The van der Waals surface area contributed by atoms with Gasteiger partial charge in [0.05, 0.1) is 12.3 Å². The number of H-pyrrole nitrogens is 1. The van der Waals surface area contributed by atoms with Gasteiger partial charge < -0.3 is 15.0 Å². The van der Waals surface area contributed by atoms with Crippen molar-refractivity contribution in [1.82, 2.24) is 19.9 Å². The molecule has 3 heterocycles. The van der Waals surface area contributed by atoms with Crippen LogP contribution in [0.5, 0.6) is 5.88 Å². The summed E-state index contributed by atoms with van der Waals surface area (Å²) in [6.45, 7) is 6.24. The molecular formula is C23H23F2N5O. The molecule has 0 amide bonds. The summed E-state index contributed by atoms with van der Waals surface area (Å²) >= 11 is 0. The number of anilines is 1. The molecule has 31 heavy (non-hydrogen) atoms. The van der Waals surface area contributed by atoms with Crippen LogP contribution < -0.4 is 10.1 Å². The highest BCUT2D eigenvalue weighted by Crippen LogP contribution is 2.25. The van der Waals surface area contributed by atoms with Crippen LogP contribution in [0.1, 0.15) is 25.0 Å². The molecular weight excluding hydrogens is 400 g/mol. The maximum absolute atomic E-state index is 13.8. The first kappa shape index (κ1) is 20.7. The first-order valence-corrected chi connectivity index (χ1v) is 10.1. The molecule has 1 aromatic carbocycles. The van der Waals surface area contributed by atoms with Crippen molar-refractivity contribution in [2.45, 2.75) is 33.3 Å². The van der Waals surface area contributed by atoms with E-state index in [0.717, 1.165) is 28.2 Å². The van der Waals surface area contributed by atoms with Crippen molar-refractivity contribution in [3.8, 4) is 17.3 Å². The number of halogens is 2. The zero-order chi connectivity index (χ0) is 22.0. The molecule has 0 radical (unpaired) electrons. The van der Waals surface area contributed by atoms with Crippen molar-refractivity contribution in [2.75, 3.05) is 11.9 Å². The number of pyridine rings is 1. The third-order valence-corrected chi connectivity index (χ3v) is 4.76. The summed E-state index contributed by atoms with van der Waals surface area (Å²) in [6.07, 6.45) is 5.11. The van der Waals surface area contributed by atoms with Crippen LogP contribution in [0.2, 0.25) is 0 Å². The van der Waals surface area contributed by atoms with Crippen molar-refractivity contribution in [3.05, 3.63) is 65.6 Å². The molecule has 0 saturated heterocycles. The smallest absolute Gasteiger partial charge is 0.219 e. The maximum Gasteiger partial charge on any atom is 0.219 e. The molecule has 0 aliphatic heterocycles. The topological polar surface area (TPSA) is 75.7 Å². The molecule has 0 spiro atoms. The number of benzene rings is 1. The number of hydrogen-bond donors (Lipinski definition) is 2. The van der Waals surface area contributed by atoms with Crippen molar-refractivity contribution >= 4 is 16.7 Å². The molecule has 0 bridgehead atoms. The van der Waals surface area contributed by atoms with Gasteiger partial charge in [0, 0.05) is 41.5 Å². The van der Waals surface area contributed by atoms with Crippen molar-refractivity contribution in [2.24, 2.45) is 0 Å². The molecule has 2 N–H and O–H groups in total. The number of aryl methyl sites for hydroxylation is 1. The summed E-state index contributed by atoms with van der Waals surface area (Å²) in [5, 5.41) is 4.13. The second-order valence-corrected chi connectivity index (χ2v) is 7.61. The van der Waals surface area contributed by atoms with Crippen molar-refractivity contribution in [3.63, 3.8) is 0 Å². The summed E-state index contributed by atoms with van der Waals surface area (Å²) in [5.41, 5.74) is 3.27. The molecule has 0 fully saturated rings. The zero-order valence-electron chi connectivity index (χ0n) is 17.5. The van der Waals surface area contributed by atoms with E-state index in [9.17, 15) is 8.78 Å². The van der Waals surface area contributed by atoms with Crippen LogP contribution in [0.3, 0.4) is 0 Å². The minimum atomic E-state index is -0.465. The van der Waals surface area contributed by atoms with Crippen molar-refractivity contribution < 1.29 is 13.5 Å². The molecule has 0 atom stereocenters. The van der Waals surface area contributed by atoms with Gasteiger partial charge in [0.2, 0.25) is 5.88 Å². The molecule has 4 aromatic rings. The Kier molecular flexibility index (Phi) is 5.79. The Hall–Kier alpha value is -3.55. The summed E-state index contributed by atoms with van der Waals surface area (Å²) in [7, 11) is 0. The first-order chi connectivity index (χ1) is 14.9. The average molecular weight is 423 g/mol. The lowest BCUT2D eigenvalue weighted by atomic mass is 10.1. The van der Waals surface area contributed by atoms with Gasteiger partial charge in [-0.05, 0) is 56.5 Å². The molecule has 8 heteroatoms. The largest absolute Gasteiger partial charge is 0.475 e. The fourth-order valence-electron chi connectivity index (χ4n) is 3.44. The normalized spacial score (nSPS) is 11.3. The molecule has 4 rings (SSSR count). The van der Waals surface area contributed by atoms with E-state index < -0.39 is 5.82 Å². The molecule has 0 saturated carbocycles. The molecule has 0 aliphatic carbocycles. The quantitative estimate of drug-likeness (QED) is 0.435. The van der Waals surface area contributed by atoms with Crippen LogP contribution in [0.15, 0.2) is 42.9 Å². The average Bonchev–Trinajstić information content (AvgIpc) is 3.10. The van der Waals surface area contributed by atoms with Crippen molar-refractivity contribution in [1.29, 1.82) is 0 Å². The fourth-order valence-corrected chi connectivity index (χ4v) is 3.44. The summed E-state index contributed by atoms with van der Waals surface area (Å²) in [4.78, 5) is 15.9. The minimum Gasteiger partial charge on any atom is -0.475 e. The Morgan fingerprint density at radius 1 is 1.06 bits per heavy atom. The second-order valence-electron chi connectivity index (χ2n) is 7.61. The number of hydrogen-bond acceptors (Lipinski definition) is 5. The van der Waals surface area contributed by atoms with Gasteiger partial charge in [0.15, 0.2) is 5.82 Å². The van der Waals surface area contributed by atoms with Gasteiger partial charge in [-0.25, -0.2) is 13.8 Å². The van der Waals surface area contributed by atoms with E-state index in [0.29, 0.717) is 36.1 Å². The number of fused-ring (bicyclic) bond motifs is 1. The maximum atomic E-state index is 13.8. The van der Waals surface area contributed by atoms with Crippen LogP contribution >= 0.6 is 0 Å². The monoisotopic (exact) mass is 423 g/mol. The van der Waals surface area contributed by atoms with Gasteiger partial charge in [-0.15, -0.1) is 0 Å². The lowest BCUT2D eigenvalue weighted by Crippen LogP contribution is -2.11. The van der Waals surface area contributed by atoms with E-state index in [1.807, 2.05) is 27.0 Å². The molecule has 160 valence electrons. The fraction of sp³-hybridized carbons (Fsp3) is 0.261. The van der Waals surface area contributed by atoms with Gasteiger partial charge in [-0.3, -0.25) is 4.98 Å². The standard InChI is InChI=1S/C23H23F2N5O/c1-13(2)31-21-9-20(29-23(30-21)16-7-18(25)12-26-10-16)27-5-4-15-11-28-22-14(3)6-17(24)8-19(15)22/h6-13,28H,4-5H2,1-3H3,(H,27,29,30). The summed E-state index contributed by atoms with van der Waals surface area (Å²) in [6, 6.07) is 6.09. The Morgan fingerprint density at radius 3 is 2.68 bits per heavy atom. The van der Waals surface area contributed by atoms with Crippen LogP contribution in [-0.4, -0.2) is 32.6 Å². The number of aromatic amines is 1. The number of ether oxygens (including phenoxy) is 1. The first-order valence-electron chi connectivity index (χ1n) is 10.1. The molecule has 3 aromatic heterocycles. The van der Waals surface area contributed by atoms with Crippen LogP contribution in [0.4, 0.5) is 14.6 Å². The number of rotatable bonds is 7. The van der Waals surface area contributed by atoms with E-state index in [1.165, 1.54) is 18.3 Å². The van der Waals surface area contributed by atoms with E-state index in [4.69, 9.17) is 4.74 Å². The summed E-state index contributed by atoms with van der Waals surface area (Å²) in [5.74, 6) is 0.534. The Morgan fingerprint density at radius 2 is 1.90 bits per heavy atom. The second kappa shape index (κ2) is 8.67. The highest BCUT2D eigenvalue weighted by atomic mass is 19.1. The van der Waals surface area contributed by atoms with Crippen LogP contribution in [-0.2, 0) is 6.42 Å². The zero-order valence-corrected chi connectivity index (χ0v) is 17.5. The number of nitrogens with one attached hydrogen (secondary N) is 2. The minimum absolute atomic E-state index is 0.0782. The molecule has 0 unspecified atom stereocenters. The third-order valence-electron chi connectivity index (χ3n) is 4.76. The lowest BCUT2D eigenvalue weighted by molar-refractivity contribution is 0.232. The Labute approximate surface area is 178 Å². The molecule has 0 aliphatic rings. The Balaban J connectivity index is 1.56. The van der Waals surface area contributed by atoms with E-state index >= 15 is 0 Å².